The third kappa shape index (κ3) is 3.20. The summed E-state index contributed by atoms with van der Waals surface area (Å²) in [6.45, 7) is 0. The van der Waals surface area contributed by atoms with Gasteiger partial charge in [0.1, 0.15) is 4.88 Å². The predicted molar refractivity (Wildman–Crippen MR) is 114 cm³/mol. The van der Waals surface area contributed by atoms with Crippen molar-refractivity contribution < 1.29 is 4.79 Å². The van der Waals surface area contributed by atoms with Crippen molar-refractivity contribution in [1.29, 1.82) is 0 Å². The zero-order valence-corrected chi connectivity index (χ0v) is 17.4. The highest BCUT2D eigenvalue weighted by atomic mass is 79.9. The molecule has 0 spiro atoms. The van der Waals surface area contributed by atoms with Gasteiger partial charge in [0.2, 0.25) is 0 Å². The fourth-order valence-corrected chi connectivity index (χ4v) is 5.32. The molecule has 0 fully saturated rings. The summed E-state index contributed by atoms with van der Waals surface area (Å²) in [6, 6.07) is 21.3. The zero-order valence-electron chi connectivity index (χ0n) is 13.4. The lowest BCUT2D eigenvalue weighted by Gasteiger charge is -2.23. The van der Waals surface area contributed by atoms with E-state index in [1.165, 1.54) is 11.3 Å². The van der Waals surface area contributed by atoms with Gasteiger partial charge in [0.15, 0.2) is 0 Å². The van der Waals surface area contributed by atoms with Crippen molar-refractivity contribution in [2.24, 2.45) is 0 Å². The number of halogens is 2. The Bertz CT molecular complexity index is 1090. The Morgan fingerprint density at radius 2 is 1.73 bits per heavy atom. The smallest absolute Gasteiger partial charge is 0.274 e. The van der Waals surface area contributed by atoms with E-state index in [-0.39, 0.29) is 5.91 Å². The Balaban J connectivity index is 1.94. The molecule has 0 atom stereocenters. The summed E-state index contributed by atoms with van der Waals surface area (Å²) in [5.41, 5.74) is 2.35. The Morgan fingerprint density at radius 1 is 0.962 bits per heavy atom. The lowest BCUT2D eigenvalue weighted by molar-refractivity contribution is 0.100. The van der Waals surface area contributed by atoms with Gasteiger partial charge >= 0.3 is 0 Å². The molecule has 2 heterocycles. The van der Waals surface area contributed by atoms with Crippen LogP contribution >= 0.6 is 43.2 Å². The van der Waals surface area contributed by atoms with Crippen LogP contribution in [0.15, 0.2) is 81.2 Å². The zero-order chi connectivity index (χ0) is 18.1. The minimum Gasteiger partial charge on any atom is -0.274 e. The highest BCUT2D eigenvalue weighted by molar-refractivity contribution is 9.11. The Hall–Kier alpha value is -2.02. The first-order valence-corrected chi connectivity index (χ1v) is 10.2. The maximum Gasteiger partial charge on any atom is 0.274 e. The maximum atomic E-state index is 13.5. The minimum absolute atomic E-state index is 0.100. The van der Waals surface area contributed by atoms with Gasteiger partial charge < -0.3 is 0 Å². The van der Waals surface area contributed by atoms with E-state index in [4.69, 9.17) is 0 Å². The number of hydrogen-bond acceptors (Lipinski definition) is 3. The van der Waals surface area contributed by atoms with Crippen molar-refractivity contribution in [3.8, 4) is 0 Å². The number of carbonyl (C=O) groups excluding carboxylic acids is 1. The second-order valence-electron chi connectivity index (χ2n) is 5.56. The largest absolute Gasteiger partial charge is 0.274 e. The fourth-order valence-electron chi connectivity index (χ4n) is 2.80. The second-order valence-corrected chi connectivity index (χ2v) is 8.84. The molecule has 2 aromatic carbocycles. The van der Waals surface area contributed by atoms with Crippen molar-refractivity contribution in [2.45, 2.75) is 0 Å². The molecule has 0 radical (unpaired) electrons. The number of fused-ring (bicyclic) bond motifs is 1. The van der Waals surface area contributed by atoms with E-state index in [1.807, 2.05) is 66.7 Å². The predicted octanol–water partition coefficient (Wildman–Crippen LogP) is 6.80. The van der Waals surface area contributed by atoms with Gasteiger partial charge in [-0.3, -0.25) is 14.7 Å². The number of thiophene rings is 1. The molecule has 26 heavy (non-hydrogen) atoms. The van der Waals surface area contributed by atoms with E-state index >= 15 is 0 Å². The average Bonchev–Trinajstić information content (AvgIpc) is 3.01. The van der Waals surface area contributed by atoms with E-state index in [9.17, 15) is 4.79 Å². The number of para-hydroxylation sites is 2. The Labute approximate surface area is 171 Å². The lowest BCUT2D eigenvalue weighted by atomic mass is 10.1. The molecular formula is C20H12Br2N2OS. The maximum absolute atomic E-state index is 13.5. The molecule has 4 aromatic rings. The molecule has 0 saturated heterocycles. The van der Waals surface area contributed by atoms with Crippen LogP contribution in [0.1, 0.15) is 9.67 Å². The first-order chi connectivity index (χ1) is 12.6. The van der Waals surface area contributed by atoms with Crippen LogP contribution in [0, 0.1) is 0 Å². The number of hydrogen-bond donors (Lipinski definition) is 0. The molecule has 1 amide bonds. The number of benzene rings is 2. The summed E-state index contributed by atoms with van der Waals surface area (Å²) in [5.74, 6) is -0.100. The van der Waals surface area contributed by atoms with Gasteiger partial charge in [-0.2, -0.15) is 0 Å². The van der Waals surface area contributed by atoms with Crippen molar-refractivity contribution in [1.82, 2.24) is 4.98 Å². The normalized spacial score (nSPS) is 10.8. The molecule has 0 bridgehead atoms. The summed E-state index contributed by atoms with van der Waals surface area (Å²) in [6.07, 6.45) is 1.75. The SMILES string of the molecule is O=C(c1sc(Br)cc1Br)N(c1ccccc1)c1cccc2cccnc12. The molecule has 0 aliphatic heterocycles. The molecule has 0 aliphatic carbocycles. The van der Waals surface area contributed by atoms with Crippen LogP contribution in [0.2, 0.25) is 0 Å². The minimum atomic E-state index is -0.100. The quantitative estimate of drug-likeness (QED) is 0.318. The third-order valence-corrected chi connectivity index (χ3v) is 6.43. The first-order valence-electron chi connectivity index (χ1n) is 7.83. The van der Waals surface area contributed by atoms with Crippen molar-refractivity contribution >= 4 is 71.4 Å². The van der Waals surface area contributed by atoms with Crippen LogP contribution in [-0.4, -0.2) is 10.9 Å². The highest BCUT2D eigenvalue weighted by Gasteiger charge is 2.25. The molecule has 128 valence electrons. The van der Waals surface area contributed by atoms with E-state index in [0.717, 1.165) is 30.5 Å². The number of anilines is 2. The fraction of sp³-hybridized carbons (Fsp3) is 0. The van der Waals surface area contributed by atoms with Crippen LogP contribution in [0.25, 0.3) is 10.9 Å². The molecule has 4 rings (SSSR count). The van der Waals surface area contributed by atoms with Crippen LogP contribution < -0.4 is 4.90 Å². The Morgan fingerprint density at radius 3 is 2.46 bits per heavy atom. The number of carbonyl (C=O) groups is 1. The van der Waals surface area contributed by atoms with Crippen LogP contribution in [0.4, 0.5) is 11.4 Å². The number of nitrogens with zero attached hydrogens (tertiary/aromatic N) is 2. The number of rotatable bonds is 3. The van der Waals surface area contributed by atoms with Gasteiger partial charge in [-0.25, -0.2) is 0 Å². The molecule has 6 heteroatoms. The van der Waals surface area contributed by atoms with Gasteiger partial charge in [-0.05, 0) is 62.2 Å². The number of pyridine rings is 1. The molecule has 3 nitrogen and oxygen atoms in total. The lowest BCUT2D eigenvalue weighted by Crippen LogP contribution is -2.25. The Kier molecular flexibility index (Phi) is 4.89. The molecule has 0 aliphatic rings. The van der Waals surface area contributed by atoms with Crippen LogP contribution in [-0.2, 0) is 0 Å². The second kappa shape index (κ2) is 7.31. The number of amides is 1. The summed E-state index contributed by atoms with van der Waals surface area (Å²) >= 11 is 8.36. The van der Waals surface area contributed by atoms with E-state index < -0.39 is 0 Å². The summed E-state index contributed by atoms with van der Waals surface area (Å²) < 4.78 is 1.67. The van der Waals surface area contributed by atoms with E-state index in [2.05, 4.69) is 36.8 Å². The number of aromatic nitrogens is 1. The first kappa shape index (κ1) is 17.4. The summed E-state index contributed by atoms with van der Waals surface area (Å²) in [5, 5.41) is 0.991. The average molecular weight is 488 g/mol. The van der Waals surface area contributed by atoms with Gasteiger partial charge in [0, 0.05) is 21.7 Å². The van der Waals surface area contributed by atoms with Gasteiger partial charge in [0.25, 0.3) is 5.91 Å². The third-order valence-electron chi connectivity index (χ3n) is 3.92. The molecule has 2 aromatic heterocycles. The van der Waals surface area contributed by atoms with Gasteiger partial charge in [-0.15, -0.1) is 11.3 Å². The van der Waals surface area contributed by atoms with Crippen LogP contribution in [0.3, 0.4) is 0 Å². The topological polar surface area (TPSA) is 33.2 Å². The molecule has 0 N–H and O–H groups in total. The summed E-state index contributed by atoms with van der Waals surface area (Å²) in [7, 11) is 0. The van der Waals surface area contributed by atoms with E-state index in [0.29, 0.717) is 4.88 Å². The van der Waals surface area contributed by atoms with E-state index in [1.54, 1.807) is 11.1 Å². The van der Waals surface area contributed by atoms with Crippen LogP contribution in [0.5, 0.6) is 0 Å². The van der Waals surface area contributed by atoms with Crippen molar-refractivity contribution in [2.75, 3.05) is 4.90 Å². The van der Waals surface area contributed by atoms with Gasteiger partial charge in [-0.1, -0.05) is 36.4 Å². The molecule has 0 saturated carbocycles. The van der Waals surface area contributed by atoms with Gasteiger partial charge in [0.05, 0.1) is 15.0 Å². The standard InChI is InChI=1S/C20H12Br2N2OS/c21-15-12-17(22)26-19(15)20(25)24(14-8-2-1-3-9-14)16-10-4-6-13-7-5-11-23-18(13)16/h1-12H. The van der Waals surface area contributed by atoms with Crippen molar-refractivity contribution in [3.05, 3.63) is 86.1 Å². The highest BCUT2D eigenvalue weighted by Crippen LogP contribution is 2.37. The summed E-state index contributed by atoms with van der Waals surface area (Å²) in [4.78, 5) is 20.4. The molecule has 0 unspecified atom stereocenters. The monoisotopic (exact) mass is 486 g/mol. The molecular weight excluding hydrogens is 476 g/mol. The van der Waals surface area contributed by atoms with Crippen molar-refractivity contribution in [3.63, 3.8) is 0 Å².